The van der Waals surface area contributed by atoms with E-state index in [4.69, 9.17) is 9.47 Å². The first-order valence-electron chi connectivity index (χ1n) is 12.1. The van der Waals surface area contributed by atoms with Crippen LogP contribution in [-0.4, -0.2) is 25.4 Å². The van der Waals surface area contributed by atoms with Crippen LogP contribution in [0.1, 0.15) is 49.1 Å². The molecule has 1 aliphatic carbocycles. The molecule has 0 N–H and O–H groups in total. The quantitative estimate of drug-likeness (QED) is 0.445. The zero-order valence-corrected chi connectivity index (χ0v) is 20.1. The van der Waals surface area contributed by atoms with E-state index in [9.17, 15) is 9.59 Å². The van der Waals surface area contributed by atoms with Crippen LogP contribution in [0.3, 0.4) is 0 Å². The summed E-state index contributed by atoms with van der Waals surface area (Å²) in [6, 6.07) is 25.4. The van der Waals surface area contributed by atoms with E-state index in [1.807, 2.05) is 73.7 Å². The van der Waals surface area contributed by atoms with Crippen molar-refractivity contribution in [2.75, 3.05) is 18.6 Å². The molecule has 0 aromatic heterocycles. The summed E-state index contributed by atoms with van der Waals surface area (Å²) in [5, 5.41) is 0. The molecule has 0 spiro atoms. The lowest BCUT2D eigenvalue weighted by Gasteiger charge is -2.40. The van der Waals surface area contributed by atoms with Crippen LogP contribution in [0.5, 0.6) is 11.5 Å². The van der Waals surface area contributed by atoms with Gasteiger partial charge in [-0.25, -0.2) is 0 Å². The van der Waals surface area contributed by atoms with Crippen LogP contribution in [-0.2, 0) is 9.59 Å². The highest BCUT2D eigenvalue weighted by Crippen LogP contribution is 2.47. The van der Waals surface area contributed by atoms with Crippen molar-refractivity contribution in [3.63, 3.8) is 0 Å². The van der Waals surface area contributed by atoms with Gasteiger partial charge in [0.2, 0.25) is 5.91 Å². The van der Waals surface area contributed by atoms with E-state index in [-0.39, 0.29) is 29.9 Å². The first kappa shape index (κ1) is 22.9. The molecule has 1 heterocycles. The second-order valence-corrected chi connectivity index (χ2v) is 8.99. The summed E-state index contributed by atoms with van der Waals surface area (Å²) in [6.45, 7) is 2.53. The van der Waals surface area contributed by atoms with E-state index in [1.165, 1.54) is 0 Å². The van der Waals surface area contributed by atoms with Crippen LogP contribution in [0.2, 0.25) is 0 Å². The Morgan fingerprint density at radius 3 is 2.31 bits per heavy atom. The molecule has 0 radical (unpaired) electrons. The number of nitrogens with zero attached hydrogens (tertiary/aromatic N) is 1. The van der Waals surface area contributed by atoms with Gasteiger partial charge in [-0.05, 0) is 54.7 Å². The van der Waals surface area contributed by atoms with Crippen LogP contribution < -0.4 is 14.4 Å². The zero-order valence-electron chi connectivity index (χ0n) is 20.1. The van der Waals surface area contributed by atoms with Gasteiger partial charge in [0.25, 0.3) is 0 Å². The Bertz CT molecular complexity index is 1260. The summed E-state index contributed by atoms with van der Waals surface area (Å²) >= 11 is 0. The molecular weight excluding hydrogens is 438 g/mol. The molecule has 0 saturated heterocycles. The number of methoxy groups -OCH3 is 1. The number of ketones is 1. The Kier molecular flexibility index (Phi) is 6.41. The van der Waals surface area contributed by atoms with E-state index in [0.29, 0.717) is 25.2 Å². The molecule has 5 rings (SSSR count). The van der Waals surface area contributed by atoms with Crippen LogP contribution in [0.15, 0.2) is 90.1 Å². The normalized spacial score (nSPS) is 20.0. The topological polar surface area (TPSA) is 55.8 Å². The first-order valence-corrected chi connectivity index (χ1v) is 12.1. The molecule has 1 amide bonds. The summed E-state index contributed by atoms with van der Waals surface area (Å²) in [4.78, 5) is 29.1. The molecule has 35 heavy (non-hydrogen) atoms. The van der Waals surface area contributed by atoms with Gasteiger partial charge in [-0.1, -0.05) is 48.5 Å². The molecule has 178 valence electrons. The maximum atomic E-state index is 13.7. The average Bonchev–Trinajstić information content (AvgIpc) is 2.89. The van der Waals surface area contributed by atoms with Gasteiger partial charge in [0, 0.05) is 36.1 Å². The first-order chi connectivity index (χ1) is 17.1. The van der Waals surface area contributed by atoms with Crippen molar-refractivity contribution >= 4 is 17.4 Å². The van der Waals surface area contributed by atoms with Gasteiger partial charge in [0.1, 0.15) is 11.5 Å². The van der Waals surface area contributed by atoms with Gasteiger partial charge in [-0.15, -0.1) is 0 Å². The number of hydrogen-bond donors (Lipinski definition) is 0. The van der Waals surface area contributed by atoms with Crippen molar-refractivity contribution in [2.24, 2.45) is 0 Å². The highest BCUT2D eigenvalue weighted by Gasteiger charge is 2.42. The molecule has 0 fully saturated rings. The zero-order chi connectivity index (χ0) is 24.4. The van der Waals surface area contributed by atoms with E-state index >= 15 is 0 Å². The fourth-order valence-electron chi connectivity index (χ4n) is 5.29. The Labute approximate surface area is 206 Å². The van der Waals surface area contributed by atoms with E-state index in [0.717, 1.165) is 33.8 Å². The van der Waals surface area contributed by atoms with Crippen molar-refractivity contribution in [3.8, 4) is 11.5 Å². The minimum Gasteiger partial charge on any atom is -0.497 e. The Balaban J connectivity index is 1.62. The number of rotatable bonds is 6. The number of hydrogen-bond acceptors (Lipinski definition) is 4. The smallest absolute Gasteiger partial charge is 0.232 e. The standard InChI is InChI=1S/C30H29NO4/c1-3-35-24-14-12-21(13-15-24)26-19-29(33)31(23-10-7-11-25(18-23)34-2)27-16-22(17-28(32)30(26)27)20-8-5-4-6-9-20/h4-15,18,22,26H,3,16-17,19H2,1-2H3. The third-order valence-electron chi connectivity index (χ3n) is 6.91. The predicted octanol–water partition coefficient (Wildman–Crippen LogP) is 6.02. The maximum Gasteiger partial charge on any atom is 0.232 e. The van der Waals surface area contributed by atoms with E-state index < -0.39 is 0 Å². The number of carbonyl (C=O) groups is 2. The van der Waals surface area contributed by atoms with Gasteiger partial charge >= 0.3 is 0 Å². The van der Waals surface area contributed by atoms with Gasteiger partial charge in [-0.2, -0.15) is 0 Å². The number of allylic oxidation sites excluding steroid dienone is 2. The van der Waals surface area contributed by atoms with Gasteiger partial charge < -0.3 is 9.47 Å². The number of carbonyl (C=O) groups excluding carboxylic acids is 2. The minimum absolute atomic E-state index is 0.0163. The minimum atomic E-state index is -0.265. The van der Waals surface area contributed by atoms with Crippen molar-refractivity contribution in [1.29, 1.82) is 0 Å². The van der Waals surface area contributed by atoms with Gasteiger partial charge in [0.15, 0.2) is 5.78 Å². The fraction of sp³-hybridized carbons (Fsp3) is 0.267. The third kappa shape index (κ3) is 4.46. The maximum absolute atomic E-state index is 13.7. The third-order valence-corrected chi connectivity index (χ3v) is 6.91. The van der Waals surface area contributed by atoms with Gasteiger partial charge in [0.05, 0.1) is 19.4 Å². The predicted molar refractivity (Wildman–Crippen MR) is 136 cm³/mol. The monoisotopic (exact) mass is 467 g/mol. The average molecular weight is 468 g/mol. The molecule has 0 saturated carbocycles. The Morgan fingerprint density at radius 1 is 0.829 bits per heavy atom. The molecule has 0 bridgehead atoms. The molecular formula is C30H29NO4. The number of amides is 1. The molecule has 2 unspecified atom stereocenters. The second-order valence-electron chi connectivity index (χ2n) is 8.99. The number of benzene rings is 3. The molecule has 3 aromatic rings. The Morgan fingerprint density at radius 2 is 1.60 bits per heavy atom. The summed E-state index contributed by atoms with van der Waals surface area (Å²) in [7, 11) is 1.61. The lowest BCUT2D eigenvalue weighted by Crippen LogP contribution is -2.41. The summed E-state index contributed by atoms with van der Waals surface area (Å²) in [5.41, 5.74) is 4.37. The molecule has 1 aliphatic heterocycles. The molecule has 5 heteroatoms. The molecule has 2 atom stereocenters. The number of anilines is 1. The number of ether oxygens (including phenoxy) is 2. The molecule has 2 aliphatic rings. The van der Waals surface area contributed by atoms with Gasteiger partial charge in [-0.3, -0.25) is 14.5 Å². The largest absolute Gasteiger partial charge is 0.497 e. The van der Waals surface area contributed by atoms with E-state index in [1.54, 1.807) is 12.0 Å². The van der Waals surface area contributed by atoms with Crippen molar-refractivity contribution in [2.45, 2.75) is 38.0 Å². The fourth-order valence-corrected chi connectivity index (χ4v) is 5.29. The van der Waals surface area contributed by atoms with E-state index in [2.05, 4.69) is 12.1 Å². The molecule has 3 aromatic carbocycles. The van der Waals surface area contributed by atoms with Crippen LogP contribution in [0.4, 0.5) is 5.69 Å². The van der Waals surface area contributed by atoms with Crippen molar-refractivity contribution in [3.05, 3.63) is 101 Å². The highest BCUT2D eigenvalue weighted by atomic mass is 16.5. The van der Waals surface area contributed by atoms with Crippen LogP contribution in [0.25, 0.3) is 0 Å². The second kappa shape index (κ2) is 9.79. The lowest BCUT2D eigenvalue weighted by atomic mass is 9.72. The number of Topliss-reactive ketones (excluding diaryl/α,β-unsaturated/α-hetero) is 1. The van der Waals surface area contributed by atoms with Crippen molar-refractivity contribution in [1.82, 2.24) is 0 Å². The van der Waals surface area contributed by atoms with Crippen LogP contribution in [0, 0.1) is 0 Å². The van der Waals surface area contributed by atoms with Crippen LogP contribution >= 0.6 is 0 Å². The summed E-state index contributed by atoms with van der Waals surface area (Å²) in [5.74, 6) is 1.32. The SMILES string of the molecule is CCOc1ccc(C2CC(=O)N(c3cccc(OC)c3)C3=C2C(=O)CC(c2ccccc2)C3)cc1. The molecule has 5 nitrogen and oxygen atoms in total. The highest BCUT2D eigenvalue weighted by molar-refractivity contribution is 6.08. The summed E-state index contributed by atoms with van der Waals surface area (Å²) in [6.07, 6.45) is 1.31. The van der Waals surface area contributed by atoms with Crippen molar-refractivity contribution < 1.29 is 19.1 Å². The summed E-state index contributed by atoms with van der Waals surface area (Å²) < 4.78 is 11.0. The lowest BCUT2D eigenvalue weighted by molar-refractivity contribution is -0.120. The Hall–Kier alpha value is -3.86.